The van der Waals surface area contributed by atoms with E-state index < -0.39 is 12.2 Å². The van der Waals surface area contributed by atoms with Gasteiger partial charge in [-0.1, -0.05) is 94.8 Å². The minimum Gasteiger partial charge on any atom is -0.448 e. The molecule has 0 aliphatic heterocycles. The van der Waals surface area contributed by atoms with Crippen LogP contribution in [0.5, 0.6) is 0 Å². The molecule has 5 rings (SSSR count). The third-order valence-electron chi connectivity index (χ3n) is 7.64. The van der Waals surface area contributed by atoms with Crippen molar-refractivity contribution in [2.75, 3.05) is 36.5 Å². The smallest absolute Gasteiger partial charge is 0.411 e. The standard InChI is InChI=1S/C38H37BrN4O5/c39-32-16-10-17-33(28-32)43(36(44)20-11-23-41-21-7-2-8-22-41)25-27-48-38(46)42(29-30-12-3-1-4-13-30)24-26-47-37(45)40-35-19-9-15-31-14-5-6-18-34(31)35/h1-10,12-19,21-22,28H,11,20,23-27,29H2/p+1. The first-order chi connectivity index (χ1) is 23.5. The number of pyridine rings is 1. The third-order valence-corrected chi connectivity index (χ3v) is 8.13. The van der Waals surface area contributed by atoms with Crippen LogP contribution >= 0.6 is 15.9 Å². The highest BCUT2D eigenvalue weighted by Crippen LogP contribution is 2.23. The fourth-order valence-corrected chi connectivity index (χ4v) is 5.64. The molecule has 0 fully saturated rings. The van der Waals surface area contributed by atoms with Crippen molar-refractivity contribution in [1.82, 2.24) is 4.90 Å². The zero-order chi connectivity index (χ0) is 33.6. The number of carbonyl (C=O) groups is 3. The van der Waals surface area contributed by atoms with Crippen molar-refractivity contribution in [3.63, 3.8) is 0 Å². The van der Waals surface area contributed by atoms with Crippen LogP contribution in [-0.4, -0.2) is 49.3 Å². The molecule has 1 N–H and O–H groups in total. The predicted octanol–water partition coefficient (Wildman–Crippen LogP) is 7.59. The van der Waals surface area contributed by atoms with E-state index in [2.05, 4.69) is 21.2 Å². The summed E-state index contributed by atoms with van der Waals surface area (Å²) >= 11 is 3.49. The van der Waals surface area contributed by atoms with E-state index in [4.69, 9.17) is 9.47 Å². The van der Waals surface area contributed by atoms with Crippen LogP contribution in [0.1, 0.15) is 18.4 Å². The predicted molar refractivity (Wildman–Crippen MR) is 189 cm³/mol. The lowest BCUT2D eigenvalue weighted by Crippen LogP contribution is -2.39. The Balaban J connectivity index is 1.18. The maximum absolute atomic E-state index is 13.4. The number of halogens is 1. The van der Waals surface area contributed by atoms with Gasteiger partial charge in [0.1, 0.15) is 19.8 Å². The fraction of sp³-hybridized carbons (Fsp3) is 0.211. The van der Waals surface area contributed by atoms with Gasteiger partial charge in [-0.2, -0.15) is 0 Å². The van der Waals surface area contributed by atoms with Gasteiger partial charge in [0.05, 0.1) is 18.8 Å². The second kappa shape index (κ2) is 17.6. The van der Waals surface area contributed by atoms with Crippen molar-refractivity contribution in [1.29, 1.82) is 0 Å². The number of nitrogens with one attached hydrogen (secondary N) is 1. The zero-order valence-corrected chi connectivity index (χ0v) is 28.1. The number of anilines is 2. The van der Waals surface area contributed by atoms with E-state index in [1.807, 2.05) is 132 Å². The molecule has 3 amide bonds. The van der Waals surface area contributed by atoms with Gasteiger partial charge in [0.2, 0.25) is 5.91 Å². The van der Waals surface area contributed by atoms with E-state index in [-0.39, 0.29) is 38.8 Å². The number of aryl methyl sites for hydroxylation is 1. The Morgan fingerprint density at radius 3 is 2.27 bits per heavy atom. The van der Waals surface area contributed by atoms with Crippen LogP contribution in [-0.2, 0) is 27.4 Å². The Kier molecular flexibility index (Phi) is 12.5. The molecule has 0 unspecified atom stereocenters. The molecule has 0 saturated heterocycles. The number of nitrogens with zero attached hydrogens (tertiary/aromatic N) is 3. The molecule has 0 radical (unpaired) electrons. The number of amides is 3. The van der Waals surface area contributed by atoms with Crippen LogP contribution < -0.4 is 14.8 Å². The van der Waals surface area contributed by atoms with Crippen LogP contribution in [0, 0.1) is 0 Å². The van der Waals surface area contributed by atoms with Gasteiger partial charge in [-0.15, -0.1) is 0 Å². The summed E-state index contributed by atoms with van der Waals surface area (Å²) in [6.45, 7) is 1.22. The van der Waals surface area contributed by atoms with Gasteiger partial charge < -0.3 is 19.3 Å². The Hall–Kier alpha value is -5.22. The minimum absolute atomic E-state index is 0.0156. The van der Waals surface area contributed by atoms with Crippen LogP contribution in [0.25, 0.3) is 10.8 Å². The van der Waals surface area contributed by atoms with Crippen molar-refractivity contribution in [3.8, 4) is 0 Å². The highest BCUT2D eigenvalue weighted by Gasteiger charge is 2.20. The summed E-state index contributed by atoms with van der Waals surface area (Å²) in [5, 5.41) is 4.70. The van der Waals surface area contributed by atoms with Gasteiger partial charge in [-0.3, -0.25) is 10.1 Å². The molecule has 0 atom stereocenters. The van der Waals surface area contributed by atoms with Crippen molar-refractivity contribution >= 4 is 56.2 Å². The second-order valence-corrected chi connectivity index (χ2v) is 12.0. The molecule has 4 aromatic carbocycles. The summed E-state index contributed by atoms with van der Waals surface area (Å²) in [7, 11) is 0. The number of hydrogen-bond acceptors (Lipinski definition) is 5. The Morgan fingerprint density at radius 1 is 0.750 bits per heavy atom. The first-order valence-corrected chi connectivity index (χ1v) is 16.6. The molecular weight excluding hydrogens is 672 g/mol. The first-order valence-electron chi connectivity index (χ1n) is 15.8. The van der Waals surface area contributed by atoms with Gasteiger partial charge in [0, 0.05) is 47.1 Å². The molecule has 10 heteroatoms. The first kappa shape index (κ1) is 34.1. The normalized spacial score (nSPS) is 10.7. The zero-order valence-electron chi connectivity index (χ0n) is 26.5. The lowest BCUT2D eigenvalue weighted by atomic mass is 10.1. The molecule has 0 spiro atoms. The van der Waals surface area contributed by atoms with E-state index in [1.165, 1.54) is 4.90 Å². The van der Waals surface area contributed by atoms with Gasteiger partial charge >= 0.3 is 12.2 Å². The van der Waals surface area contributed by atoms with E-state index in [9.17, 15) is 14.4 Å². The molecule has 0 saturated carbocycles. The van der Waals surface area contributed by atoms with Crippen LogP contribution in [0.15, 0.2) is 132 Å². The number of ether oxygens (including phenoxy) is 2. The van der Waals surface area contributed by atoms with Crippen molar-refractivity contribution in [2.45, 2.75) is 25.9 Å². The quantitative estimate of drug-likeness (QED) is 0.120. The average molecular weight is 711 g/mol. The number of hydrogen-bond donors (Lipinski definition) is 1. The van der Waals surface area contributed by atoms with Gasteiger partial charge in [0.15, 0.2) is 12.4 Å². The molecule has 9 nitrogen and oxygen atoms in total. The molecule has 0 bridgehead atoms. The van der Waals surface area contributed by atoms with E-state index >= 15 is 0 Å². The number of carbonyl (C=O) groups excluding carboxylic acids is 3. The molecule has 1 aromatic heterocycles. The van der Waals surface area contributed by atoms with Crippen molar-refractivity contribution in [2.24, 2.45) is 0 Å². The molecule has 0 aliphatic carbocycles. The molecule has 48 heavy (non-hydrogen) atoms. The average Bonchev–Trinajstić information content (AvgIpc) is 3.10. The molecule has 5 aromatic rings. The van der Waals surface area contributed by atoms with Crippen molar-refractivity contribution < 1.29 is 28.4 Å². The molecule has 246 valence electrons. The summed E-state index contributed by atoms with van der Waals surface area (Å²) in [6.07, 6.45) is 3.75. The maximum Gasteiger partial charge on any atom is 0.411 e. The molecular formula is C38H38BrN4O5+. The van der Waals surface area contributed by atoms with Gasteiger partial charge in [-0.05, 0) is 35.2 Å². The third kappa shape index (κ3) is 10.1. The van der Waals surface area contributed by atoms with E-state index in [1.54, 1.807) is 4.90 Å². The topological polar surface area (TPSA) is 92.1 Å². The Labute approximate surface area is 288 Å². The van der Waals surface area contributed by atoms with Gasteiger partial charge in [0.25, 0.3) is 0 Å². The maximum atomic E-state index is 13.4. The lowest BCUT2D eigenvalue weighted by molar-refractivity contribution is -0.697. The van der Waals surface area contributed by atoms with Crippen LogP contribution in [0.2, 0.25) is 0 Å². The number of rotatable bonds is 14. The Morgan fingerprint density at radius 2 is 1.46 bits per heavy atom. The summed E-state index contributed by atoms with van der Waals surface area (Å²) < 4.78 is 14.1. The second-order valence-electron chi connectivity index (χ2n) is 11.1. The fourth-order valence-electron chi connectivity index (χ4n) is 5.26. The summed E-state index contributed by atoms with van der Waals surface area (Å²) in [5.74, 6) is -0.0626. The van der Waals surface area contributed by atoms with Gasteiger partial charge in [-0.25, -0.2) is 14.2 Å². The summed E-state index contributed by atoms with van der Waals surface area (Å²) in [5.41, 5.74) is 2.25. The number of fused-ring (bicyclic) bond motifs is 1. The van der Waals surface area contributed by atoms with E-state index in [0.717, 1.165) is 20.8 Å². The number of aromatic nitrogens is 1. The largest absolute Gasteiger partial charge is 0.448 e. The van der Waals surface area contributed by atoms with Crippen LogP contribution in [0.3, 0.4) is 0 Å². The van der Waals surface area contributed by atoms with Crippen LogP contribution in [0.4, 0.5) is 21.0 Å². The lowest BCUT2D eigenvalue weighted by Gasteiger charge is -2.25. The number of benzene rings is 4. The molecule has 1 heterocycles. The minimum atomic E-state index is -0.617. The Bertz CT molecular complexity index is 1800. The van der Waals surface area contributed by atoms with E-state index in [0.29, 0.717) is 30.8 Å². The van der Waals surface area contributed by atoms with Crippen molar-refractivity contribution in [3.05, 3.63) is 138 Å². The monoisotopic (exact) mass is 709 g/mol. The summed E-state index contributed by atoms with van der Waals surface area (Å²) in [6, 6.07) is 36.3. The highest BCUT2D eigenvalue weighted by atomic mass is 79.9. The molecule has 0 aliphatic rings. The summed E-state index contributed by atoms with van der Waals surface area (Å²) in [4.78, 5) is 42.6. The highest BCUT2D eigenvalue weighted by molar-refractivity contribution is 9.10. The SMILES string of the molecule is O=C(Nc1cccc2ccccc12)OCCN(Cc1ccccc1)C(=O)OCCN(C(=O)CCC[n+]1ccccc1)c1cccc(Br)c1.